The van der Waals surface area contributed by atoms with Crippen LogP contribution in [-0.2, 0) is 6.42 Å². The number of benzene rings is 1. The maximum absolute atomic E-state index is 12.8. The van der Waals surface area contributed by atoms with Gasteiger partial charge in [0.15, 0.2) is 0 Å². The first-order valence-corrected chi connectivity index (χ1v) is 11.2. The molecule has 3 heterocycles. The van der Waals surface area contributed by atoms with Gasteiger partial charge in [-0.15, -0.1) is 11.3 Å². The number of carbonyl (C=O) groups excluding carboxylic acids is 1. The molecule has 0 spiro atoms. The van der Waals surface area contributed by atoms with Gasteiger partial charge in [-0.05, 0) is 86.4 Å². The summed E-state index contributed by atoms with van der Waals surface area (Å²) >= 11 is 1.67. The quantitative estimate of drug-likeness (QED) is 0.808. The smallest absolute Gasteiger partial charge is 0.264 e. The van der Waals surface area contributed by atoms with Crippen molar-refractivity contribution < 1.29 is 4.79 Å². The average Bonchev–Trinajstić information content (AvgIpc) is 3.38. The molecule has 144 valence electrons. The summed E-state index contributed by atoms with van der Waals surface area (Å²) in [6.45, 7) is 8.41. The van der Waals surface area contributed by atoms with Crippen molar-refractivity contribution in [2.75, 3.05) is 26.2 Å². The Kier molecular flexibility index (Phi) is 5.65. The second-order valence-corrected chi connectivity index (χ2v) is 8.97. The molecule has 0 saturated carbocycles. The molecule has 0 aliphatic carbocycles. The van der Waals surface area contributed by atoms with Gasteiger partial charge in [-0.25, -0.2) is 0 Å². The van der Waals surface area contributed by atoms with Gasteiger partial charge in [-0.2, -0.15) is 0 Å². The van der Waals surface area contributed by atoms with E-state index in [1.807, 2.05) is 4.90 Å². The minimum Gasteiger partial charge on any atom is -0.338 e. The molecule has 0 radical (unpaired) electrons. The number of thiophene rings is 1. The molecule has 2 aliphatic heterocycles. The summed E-state index contributed by atoms with van der Waals surface area (Å²) in [4.78, 5) is 17.0. The lowest BCUT2D eigenvalue weighted by Gasteiger charge is -2.25. The molecule has 4 rings (SSSR count). The standard InChI is InChI=1S/C23H30N2OS/c1-3-17-15-19(6-7-20(17)18-8-10-24-11-9-18)21-14-16(2)22(27-21)23(26)25-12-4-5-13-25/h6-7,14-15,18,24H,3-5,8-13H2,1-2H3. The first-order valence-electron chi connectivity index (χ1n) is 10.4. The van der Waals surface area contributed by atoms with Crippen LogP contribution in [0.5, 0.6) is 0 Å². The minimum absolute atomic E-state index is 0.225. The van der Waals surface area contributed by atoms with Crippen molar-refractivity contribution in [2.24, 2.45) is 0 Å². The van der Waals surface area contributed by atoms with Crippen molar-refractivity contribution in [3.63, 3.8) is 0 Å². The zero-order valence-corrected chi connectivity index (χ0v) is 17.3. The number of likely N-dealkylation sites (tertiary alicyclic amines) is 1. The van der Waals surface area contributed by atoms with E-state index in [1.165, 1.54) is 34.4 Å². The van der Waals surface area contributed by atoms with Crippen molar-refractivity contribution >= 4 is 17.2 Å². The summed E-state index contributed by atoms with van der Waals surface area (Å²) < 4.78 is 0. The van der Waals surface area contributed by atoms with Crippen molar-refractivity contribution in [1.82, 2.24) is 10.2 Å². The van der Waals surface area contributed by atoms with Gasteiger partial charge in [0, 0.05) is 18.0 Å². The number of nitrogens with one attached hydrogen (secondary N) is 1. The van der Waals surface area contributed by atoms with E-state index in [0.29, 0.717) is 5.92 Å². The Morgan fingerprint density at radius 2 is 1.93 bits per heavy atom. The summed E-state index contributed by atoms with van der Waals surface area (Å²) in [5.74, 6) is 0.913. The lowest BCUT2D eigenvalue weighted by atomic mass is 9.85. The molecule has 27 heavy (non-hydrogen) atoms. The van der Waals surface area contributed by atoms with Crippen molar-refractivity contribution in [1.29, 1.82) is 0 Å². The van der Waals surface area contributed by atoms with Gasteiger partial charge < -0.3 is 10.2 Å². The fourth-order valence-corrected chi connectivity index (χ4v) is 5.63. The number of amides is 1. The average molecular weight is 383 g/mol. The van der Waals surface area contributed by atoms with E-state index in [0.717, 1.165) is 55.9 Å². The Bertz CT molecular complexity index is 814. The van der Waals surface area contributed by atoms with E-state index in [9.17, 15) is 4.79 Å². The molecule has 2 aromatic rings. The molecule has 2 saturated heterocycles. The van der Waals surface area contributed by atoms with Crippen LogP contribution in [0.15, 0.2) is 24.3 Å². The fraction of sp³-hybridized carbons (Fsp3) is 0.522. The fourth-order valence-electron chi connectivity index (χ4n) is 4.50. The number of piperidine rings is 1. The third-order valence-electron chi connectivity index (χ3n) is 6.09. The SMILES string of the molecule is CCc1cc(-c2cc(C)c(C(=O)N3CCCC3)s2)ccc1C1CCNCC1. The van der Waals surface area contributed by atoms with Crippen LogP contribution < -0.4 is 5.32 Å². The minimum atomic E-state index is 0.225. The van der Waals surface area contributed by atoms with Crippen LogP contribution in [0.2, 0.25) is 0 Å². The number of hydrogen-bond acceptors (Lipinski definition) is 3. The van der Waals surface area contributed by atoms with E-state index >= 15 is 0 Å². The van der Waals surface area contributed by atoms with Crippen LogP contribution >= 0.6 is 11.3 Å². The van der Waals surface area contributed by atoms with Crippen LogP contribution in [0.1, 0.15) is 64.9 Å². The van der Waals surface area contributed by atoms with Gasteiger partial charge in [-0.3, -0.25) is 4.79 Å². The highest BCUT2D eigenvalue weighted by molar-refractivity contribution is 7.17. The Labute approximate surface area is 166 Å². The van der Waals surface area contributed by atoms with Crippen LogP contribution in [0.4, 0.5) is 0 Å². The Morgan fingerprint density at radius 1 is 1.19 bits per heavy atom. The number of hydrogen-bond donors (Lipinski definition) is 1. The van der Waals surface area contributed by atoms with E-state index in [-0.39, 0.29) is 5.91 Å². The molecule has 0 unspecified atom stereocenters. The van der Waals surface area contributed by atoms with Crippen LogP contribution in [-0.4, -0.2) is 37.0 Å². The van der Waals surface area contributed by atoms with Crippen LogP contribution in [0.3, 0.4) is 0 Å². The Hall–Kier alpha value is -1.65. The van der Waals surface area contributed by atoms with Gasteiger partial charge in [0.2, 0.25) is 0 Å². The highest BCUT2D eigenvalue weighted by Crippen LogP contribution is 2.36. The number of aryl methyl sites for hydroxylation is 2. The molecule has 2 aliphatic rings. The molecule has 4 heteroatoms. The zero-order chi connectivity index (χ0) is 18.8. The largest absolute Gasteiger partial charge is 0.338 e. The first-order chi connectivity index (χ1) is 13.2. The molecule has 1 aromatic heterocycles. The predicted molar refractivity (Wildman–Crippen MR) is 114 cm³/mol. The van der Waals surface area contributed by atoms with Crippen LogP contribution in [0, 0.1) is 6.92 Å². The third-order valence-corrected chi connectivity index (χ3v) is 7.37. The van der Waals surface area contributed by atoms with Gasteiger partial charge in [0.1, 0.15) is 0 Å². The van der Waals surface area contributed by atoms with Gasteiger partial charge in [-0.1, -0.05) is 25.1 Å². The highest BCUT2D eigenvalue weighted by Gasteiger charge is 2.24. The highest BCUT2D eigenvalue weighted by atomic mass is 32.1. The summed E-state index contributed by atoms with van der Waals surface area (Å²) in [7, 11) is 0. The molecule has 0 bridgehead atoms. The molecular formula is C23H30N2OS. The third kappa shape index (κ3) is 3.83. The Morgan fingerprint density at radius 3 is 2.63 bits per heavy atom. The lowest BCUT2D eigenvalue weighted by Crippen LogP contribution is -2.27. The maximum Gasteiger partial charge on any atom is 0.264 e. The van der Waals surface area contributed by atoms with E-state index in [2.05, 4.69) is 43.4 Å². The molecule has 0 atom stereocenters. The summed E-state index contributed by atoms with van der Waals surface area (Å²) in [6.07, 6.45) is 5.82. The van der Waals surface area contributed by atoms with Crippen LogP contribution in [0.25, 0.3) is 10.4 Å². The molecule has 1 amide bonds. The summed E-state index contributed by atoms with van der Waals surface area (Å²) in [5.41, 5.74) is 5.38. The van der Waals surface area contributed by atoms with E-state index < -0.39 is 0 Å². The molecule has 3 nitrogen and oxygen atoms in total. The monoisotopic (exact) mass is 382 g/mol. The van der Waals surface area contributed by atoms with Gasteiger partial charge in [0.05, 0.1) is 4.88 Å². The summed E-state index contributed by atoms with van der Waals surface area (Å²) in [5, 5.41) is 3.47. The molecule has 1 aromatic carbocycles. The normalized spacial score (nSPS) is 18.2. The molecular weight excluding hydrogens is 352 g/mol. The zero-order valence-electron chi connectivity index (χ0n) is 16.5. The topological polar surface area (TPSA) is 32.3 Å². The van der Waals surface area contributed by atoms with Crippen molar-refractivity contribution in [3.05, 3.63) is 45.8 Å². The summed E-state index contributed by atoms with van der Waals surface area (Å²) in [6, 6.07) is 9.19. The Balaban J connectivity index is 1.61. The lowest BCUT2D eigenvalue weighted by molar-refractivity contribution is 0.0797. The second kappa shape index (κ2) is 8.15. The molecule has 2 fully saturated rings. The number of nitrogens with zero attached hydrogens (tertiary/aromatic N) is 1. The van der Waals surface area contributed by atoms with Gasteiger partial charge in [0.25, 0.3) is 5.91 Å². The maximum atomic E-state index is 12.8. The van der Waals surface area contributed by atoms with E-state index in [4.69, 9.17) is 0 Å². The van der Waals surface area contributed by atoms with E-state index in [1.54, 1.807) is 11.3 Å². The van der Waals surface area contributed by atoms with Crippen molar-refractivity contribution in [3.8, 4) is 10.4 Å². The molecule has 1 N–H and O–H groups in total. The predicted octanol–water partition coefficient (Wildman–Crippen LogP) is 4.99. The second-order valence-electron chi connectivity index (χ2n) is 7.91. The number of rotatable bonds is 4. The van der Waals surface area contributed by atoms with Gasteiger partial charge >= 0.3 is 0 Å². The number of carbonyl (C=O) groups is 1. The van der Waals surface area contributed by atoms with Crippen molar-refractivity contribution in [2.45, 2.75) is 51.9 Å². The first kappa shape index (κ1) is 18.7.